The van der Waals surface area contributed by atoms with Gasteiger partial charge >= 0.3 is 0 Å². The van der Waals surface area contributed by atoms with Crippen LogP contribution in [-0.2, 0) is 0 Å². The number of hydrogen-bond acceptors (Lipinski definition) is 5. The van der Waals surface area contributed by atoms with E-state index < -0.39 is 0 Å². The smallest absolute Gasteiger partial charge is 0.0998 e. The lowest BCUT2D eigenvalue weighted by Crippen LogP contribution is -2.45. The minimum absolute atomic E-state index is 0.0782. The van der Waals surface area contributed by atoms with Crippen molar-refractivity contribution in [2.24, 2.45) is 34.0 Å². The molecule has 1 aromatic rings. The molecule has 0 aromatic heterocycles. The maximum absolute atomic E-state index is 9.39. The average Bonchev–Trinajstić information content (AvgIpc) is 3.17. The molecule has 3 aliphatic rings. The molecular formula is C15H13N5. The van der Waals surface area contributed by atoms with E-state index in [2.05, 4.69) is 22.5 Å². The van der Waals surface area contributed by atoms with Crippen molar-refractivity contribution in [1.82, 2.24) is 0 Å². The molecule has 0 saturated heterocycles. The van der Waals surface area contributed by atoms with Crippen LogP contribution in [0.4, 0.5) is 5.69 Å². The van der Waals surface area contributed by atoms with E-state index in [0.29, 0.717) is 0 Å². The van der Waals surface area contributed by atoms with E-state index in [1.165, 1.54) is 0 Å². The number of nitrogens with zero attached hydrogens (tertiary/aromatic N) is 5. The Balaban J connectivity index is 1.70. The molecule has 0 amide bonds. The van der Waals surface area contributed by atoms with Gasteiger partial charge in [0, 0.05) is 11.8 Å². The second-order valence-electron chi connectivity index (χ2n) is 5.74. The Morgan fingerprint density at radius 2 is 1.75 bits per heavy atom. The highest BCUT2D eigenvalue weighted by atomic mass is 15.6. The van der Waals surface area contributed by atoms with Crippen LogP contribution in [0.1, 0.15) is 6.42 Å². The number of nitriles is 2. The average molecular weight is 263 g/mol. The number of benzene rings is 1. The van der Waals surface area contributed by atoms with Crippen molar-refractivity contribution in [1.29, 1.82) is 10.5 Å². The van der Waals surface area contributed by atoms with Gasteiger partial charge in [-0.25, -0.2) is 5.01 Å². The first-order valence-electron chi connectivity index (χ1n) is 6.89. The highest BCUT2D eigenvalue weighted by Crippen LogP contribution is 2.56. The summed E-state index contributed by atoms with van der Waals surface area (Å²) in [7, 11) is 0. The third-order valence-corrected chi connectivity index (χ3v) is 4.96. The van der Waals surface area contributed by atoms with Crippen molar-refractivity contribution >= 4 is 5.69 Å². The van der Waals surface area contributed by atoms with Gasteiger partial charge in [-0.1, -0.05) is 23.4 Å². The van der Waals surface area contributed by atoms with Crippen LogP contribution in [0.15, 0.2) is 40.7 Å². The molecule has 1 aromatic carbocycles. The molecule has 2 bridgehead atoms. The van der Waals surface area contributed by atoms with Crippen LogP contribution in [0.25, 0.3) is 0 Å². The zero-order valence-corrected chi connectivity index (χ0v) is 10.8. The van der Waals surface area contributed by atoms with Crippen molar-refractivity contribution in [2.45, 2.75) is 18.5 Å². The minimum Gasteiger partial charge on any atom is -0.242 e. The Kier molecular flexibility index (Phi) is 2.31. The Morgan fingerprint density at radius 3 is 2.45 bits per heavy atom. The fourth-order valence-electron chi connectivity index (χ4n) is 4.16. The second kappa shape index (κ2) is 4.05. The molecule has 20 heavy (non-hydrogen) atoms. The fourth-order valence-corrected chi connectivity index (χ4v) is 4.16. The Morgan fingerprint density at radius 1 is 1.05 bits per heavy atom. The lowest BCUT2D eigenvalue weighted by Gasteiger charge is -2.33. The fraction of sp³-hybridized carbons (Fsp3) is 0.467. The van der Waals surface area contributed by atoms with E-state index in [1.807, 2.05) is 35.3 Å². The predicted octanol–water partition coefficient (Wildman–Crippen LogP) is 2.54. The van der Waals surface area contributed by atoms with Crippen LogP contribution in [0.3, 0.4) is 0 Å². The molecule has 4 rings (SSSR count). The van der Waals surface area contributed by atoms with Gasteiger partial charge in [-0.05, 0) is 18.6 Å². The first-order chi connectivity index (χ1) is 9.85. The molecule has 0 radical (unpaired) electrons. The number of para-hydroxylation sites is 1. The van der Waals surface area contributed by atoms with Crippen molar-refractivity contribution in [2.75, 3.05) is 5.01 Å². The number of fused-ring (bicyclic) bond motifs is 5. The normalized spacial score (nSPS) is 40.4. The molecule has 0 unspecified atom stereocenters. The van der Waals surface area contributed by atoms with Crippen molar-refractivity contribution in [3.05, 3.63) is 30.3 Å². The Labute approximate surface area is 117 Å². The maximum atomic E-state index is 9.39. The van der Waals surface area contributed by atoms with E-state index in [0.717, 1.165) is 12.1 Å². The zero-order valence-electron chi connectivity index (χ0n) is 10.8. The van der Waals surface area contributed by atoms with Crippen LogP contribution in [0, 0.1) is 46.3 Å². The number of hydrogen-bond donors (Lipinski definition) is 0. The summed E-state index contributed by atoms with van der Waals surface area (Å²) < 4.78 is 0. The number of rotatable bonds is 1. The van der Waals surface area contributed by atoms with Gasteiger partial charge in [0.15, 0.2) is 0 Å². The van der Waals surface area contributed by atoms with E-state index in [9.17, 15) is 10.5 Å². The van der Waals surface area contributed by atoms with Crippen molar-refractivity contribution in [3.8, 4) is 12.1 Å². The molecule has 98 valence electrons. The maximum Gasteiger partial charge on any atom is 0.0998 e. The van der Waals surface area contributed by atoms with E-state index in [4.69, 9.17) is 0 Å². The van der Waals surface area contributed by atoms with Gasteiger partial charge in [0.25, 0.3) is 0 Å². The summed E-state index contributed by atoms with van der Waals surface area (Å²) in [6.07, 6.45) is 0.925. The first-order valence-corrected chi connectivity index (χ1v) is 6.89. The molecule has 5 nitrogen and oxygen atoms in total. The summed E-state index contributed by atoms with van der Waals surface area (Å²) in [5.74, 6) is 0.0360. The molecule has 0 spiro atoms. The third kappa shape index (κ3) is 1.30. The largest absolute Gasteiger partial charge is 0.242 e. The van der Waals surface area contributed by atoms with Gasteiger partial charge in [-0.2, -0.15) is 15.6 Å². The van der Waals surface area contributed by atoms with Crippen LogP contribution in [-0.4, -0.2) is 12.1 Å². The zero-order chi connectivity index (χ0) is 13.7. The minimum atomic E-state index is -0.180. The molecular weight excluding hydrogens is 250 g/mol. The van der Waals surface area contributed by atoms with Gasteiger partial charge in [-0.3, -0.25) is 0 Å². The van der Waals surface area contributed by atoms with Gasteiger partial charge < -0.3 is 0 Å². The van der Waals surface area contributed by atoms with Gasteiger partial charge in [0.05, 0.1) is 41.7 Å². The number of anilines is 1. The van der Waals surface area contributed by atoms with E-state index >= 15 is 0 Å². The lowest BCUT2D eigenvalue weighted by molar-refractivity contribution is 0.275. The summed E-state index contributed by atoms with van der Waals surface area (Å²) in [6, 6.07) is 14.8. The Hall–Kier alpha value is -2.40. The van der Waals surface area contributed by atoms with Crippen LogP contribution in [0.2, 0.25) is 0 Å². The third-order valence-electron chi connectivity index (χ3n) is 4.96. The van der Waals surface area contributed by atoms with E-state index in [1.54, 1.807) is 0 Å². The van der Waals surface area contributed by atoms with Gasteiger partial charge in [0.2, 0.25) is 0 Å². The monoisotopic (exact) mass is 263 g/mol. The SMILES string of the molecule is N#C[C@@H]1[C@H](C#N)[C@@H]2C[C@H]1[C@@H]1N=NN(c3ccccc3)[C@@H]21. The summed E-state index contributed by atoms with van der Waals surface area (Å²) in [5, 5.41) is 29.3. The Bertz CT molecular complexity index is 640. The molecule has 6 atom stereocenters. The summed E-state index contributed by atoms with van der Waals surface area (Å²) in [6.45, 7) is 0. The van der Waals surface area contributed by atoms with Crippen molar-refractivity contribution < 1.29 is 0 Å². The summed E-state index contributed by atoms with van der Waals surface area (Å²) in [4.78, 5) is 0. The highest BCUT2D eigenvalue weighted by Gasteiger charge is 2.62. The standard InChI is InChI=1S/C15H13N5/c16-7-12-10-6-11(13(12)8-17)15-14(10)18-19-20(15)9-4-2-1-3-5-9/h1-5,10-15H,6H2/t10-,11+,12+,13-,14+,15+/m1/s1. The highest BCUT2D eigenvalue weighted by molar-refractivity contribution is 5.48. The quantitative estimate of drug-likeness (QED) is 0.781. The molecule has 2 saturated carbocycles. The molecule has 1 aliphatic heterocycles. The molecule has 0 N–H and O–H groups in total. The molecule has 2 aliphatic carbocycles. The summed E-state index contributed by atoms with van der Waals surface area (Å²) >= 11 is 0. The lowest BCUT2D eigenvalue weighted by atomic mass is 9.76. The molecule has 2 fully saturated rings. The summed E-state index contributed by atoms with van der Waals surface area (Å²) in [5.41, 5.74) is 1.02. The van der Waals surface area contributed by atoms with Gasteiger partial charge in [0.1, 0.15) is 0 Å². The topological polar surface area (TPSA) is 75.5 Å². The van der Waals surface area contributed by atoms with Crippen molar-refractivity contribution in [3.63, 3.8) is 0 Å². The molecule has 1 heterocycles. The van der Waals surface area contributed by atoms with Crippen LogP contribution in [0.5, 0.6) is 0 Å². The first kappa shape index (κ1) is 11.4. The van der Waals surface area contributed by atoms with Crippen LogP contribution < -0.4 is 5.01 Å². The molecule has 5 heteroatoms. The van der Waals surface area contributed by atoms with E-state index in [-0.39, 0.29) is 35.8 Å². The van der Waals surface area contributed by atoms with Crippen LogP contribution >= 0.6 is 0 Å². The van der Waals surface area contributed by atoms with Gasteiger partial charge in [-0.15, -0.1) is 0 Å². The predicted molar refractivity (Wildman–Crippen MR) is 71.2 cm³/mol. The second-order valence-corrected chi connectivity index (χ2v) is 5.74.